The lowest BCUT2D eigenvalue weighted by Crippen LogP contribution is -2.28. The standard InChI is InChI=1S/C17H26N4O2/c1-12-16(23-13-6-4-3-5-7-13)9-8-14(20-12)17(18)15(10-11-22)21(2)19/h8-9,11,13H,3-7,10,18-19H2,1-2H3/b17-15-. The molecular weight excluding hydrogens is 292 g/mol. The highest BCUT2D eigenvalue weighted by molar-refractivity contribution is 5.68. The maximum atomic E-state index is 10.8. The van der Waals surface area contributed by atoms with E-state index < -0.39 is 0 Å². The molecule has 23 heavy (non-hydrogen) atoms. The largest absolute Gasteiger partial charge is 0.489 e. The number of hydrogen-bond acceptors (Lipinski definition) is 6. The van der Waals surface area contributed by atoms with Gasteiger partial charge in [0, 0.05) is 13.5 Å². The smallest absolute Gasteiger partial charge is 0.140 e. The van der Waals surface area contributed by atoms with Crippen LogP contribution in [0.15, 0.2) is 17.8 Å². The number of nitrogens with zero attached hydrogens (tertiary/aromatic N) is 2. The number of hydrogen-bond donors (Lipinski definition) is 2. The number of pyridine rings is 1. The zero-order valence-electron chi connectivity index (χ0n) is 13.9. The molecule has 0 radical (unpaired) electrons. The van der Waals surface area contributed by atoms with Gasteiger partial charge in [-0.1, -0.05) is 6.42 Å². The summed E-state index contributed by atoms with van der Waals surface area (Å²) in [4.78, 5) is 15.3. The Balaban J connectivity index is 2.20. The maximum Gasteiger partial charge on any atom is 0.140 e. The molecule has 0 saturated heterocycles. The fraction of sp³-hybridized carbons (Fsp3) is 0.529. The number of nitrogens with two attached hydrogens (primary N) is 2. The van der Waals surface area contributed by atoms with Crippen molar-refractivity contribution in [3.05, 3.63) is 29.2 Å². The van der Waals surface area contributed by atoms with E-state index in [2.05, 4.69) is 4.98 Å². The van der Waals surface area contributed by atoms with Crippen molar-refractivity contribution in [3.8, 4) is 5.75 Å². The van der Waals surface area contributed by atoms with Crippen LogP contribution in [-0.4, -0.2) is 29.4 Å². The average Bonchev–Trinajstić information content (AvgIpc) is 2.54. The van der Waals surface area contributed by atoms with E-state index >= 15 is 0 Å². The molecule has 1 saturated carbocycles. The summed E-state index contributed by atoms with van der Waals surface area (Å²) >= 11 is 0. The van der Waals surface area contributed by atoms with Gasteiger partial charge in [0.25, 0.3) is 0 Å². The van der Waals surface area contributed by atoms with Crippen molar-refractivity contribution < 1.29 is 9.53 Å². The van der Waals surface area contributed by atoms with Crippen molar-refractivity contribution in [2.75, 3.05) is 7.05 Å². The second-order valence-corrected chi connectivity index (χ2v) is 6.00. The van der Waals surface area contributed by atoms with E-state index in [1.165, 1.54) is 24.3 Å². The van der Waals surface area contributed by atoms with Crippen molar-refractivity contribution in [2.45, 2.75) is 51.6 Å². The minimum atomic E-state index is 0.153. The molecule has 1 aromatic heterocycles. The normalized spacial score (nSPS) is 16.7. The molecule has 2 rings (SSSR count). The third-order valence-electron chi connectivity index (χ3n) is 4.17. The molecule has 0 spiro atoms. The Bertz CT molecular complexity index is 578. The van der Waals surface area contributed by atoms with Gasteiger partial charge in [-0.25, -0.2) is 10.8 Å². The van der Waals surface area contributed by atoms with E-state index in [-0.39, 0.29) is 12.5 Å². The third kappa shape index (κ3) is 4.45. The first-order valence-corrected chi connectivity index (χ1v) is 8.08. The van der Waals surface area contributed by atoms with Crippen LogP contribution < -0.4 is 16.3 Å². The van der Waals surface area contributed by atoms with Gasteiger partial charge in [0.05, 0.1) is 28.9 Å². The highest BCUT2D eigenvalue weighted by Gasteiger charge is 2.17. The average molecular weight is 318 g/mol. The minimum Gasteiger partial charge on any atom is -0.489 e. The molecule has 1 heterocycles. The molecule has 0 atom stereocenters. The zero-order valence-corrected chi connectivity index (χ0v) is 13.9. The second-order valence-electron chi connectivity index (χ2n) is 6.00. The first kappa shape index (κ1) is 17.3. The molecule has 1 aromatic rings. The molecule has 1 aliphatic carbocycles. The van der Waals surface area contributed by atoms with E-state index in [0.717, 1.165) is 30.6 Å². The molecule has 0 unspecified atom stereocenters. The maximum absolute atomic E-state index is 10.8. The van der Waals surface area contributed by atoms with Crippen molar-refractivity contribution in [2.24, 2.45) is 11.6 Å². The molecule has 4 N–H and O–H groups in total. The SMILES string of the molecule is Cc1nc(/C(N)=C(\CC=O)N(C)N)ccc1OC1CCCCC1. The summed E-state index contributed by atoms with van der Waals surface area (Å²) < 4.78 is 6.07. The number of aryl methyl sites for hydroxylation is 1. The number of carbonyl (C=O) groups excluding carboxylic acids is 1. The van der Waals surface area contributed by atoms with Gasteiger partial charge in [-0.15, -0.1) is 0 Å². The summed E-state index contributed by atoms with van der Waals surface area (Å²) in [7, 11) is 1.65. The van der Waals surface area contributed by atoms with Gasteiger partial charge in [0.1, 0.15) is 12.0 Å². The Morgan fingerprint density at radius 3 is 2.65 bits per heavy atom. The fourth-order valence-electron chi connectivity index (χ4n) is 2.86. The Kier molecular flexibility index (Phi) is 5.98. The number of ether oxygens (including phenoxy) is 1. The third-order valence-corrected chi connectivity index (χ3v) is 4.17. The van der Waals surface area contributed by atoms with Gasteiger partial charge < -0.3 is 20.3 Å². The predicted molar refractivity (Wildman–Crippen MR) is 90.2 cm³/mol. The summed E-state index contributed by atoms with van der Waals surface area (Å²) in [6, 6.07) is 3.71. The molecule has 1 aliphatic rings. The van der Waals surface area contributed by atoms with Crippen LogP contribution in [0, 0.1) is 6.92 Å². The Labute approximate surface area is 137 Å². The summed E-state index contributed by atoms with van der Waals surface area (Å²) in [5.74, 6) is 6.53. The molecule has 1 fully saturated rings. The van der Waals surface area contributed by atoms with Crippen LogP contribution in [0.3, 0.4) is 0 Å². The number of hydrazine groups is 1. The van der Waals surface area contributed by atoms with Crippen molar-refractivity contribution >= 4 is 12.0 Å². The van der Waals surface area contributed by atoms with Gasteiger partial charge in [0.15, 0.2) is 0 Å². The molecule has 0 amide bonds. The van der Waals surface area contributed by atoms with Crippen LogP contribution >= 0.6 is 0 Å². The van der Waals surface area contributed by atoms with Gasteiger partial charge in [-0.2, -0.15) is 0 Å². The minimum absolute atomic E-state index is 0.153. The highest BCUT2D eigenvalue weighted by atomic mass is 16.5. The monoisotopic (exact) mass is 318 g/mol. The summed E-state index contributed by atoms with van der Waals surface area (Å²) in [6.07, 6.45) is 7.16. The molecule has 0 aromatic carbocycles. The number of allylic oxidation sites excluding steroid dienone is 1. The van der Waals surface area contributed by atoms with E-state index in [0.29, 0.717) is 17.1 Å². The molecule has 0 bridgehead atoms. The topological polar surface area (TPSA) is 94.5 Å². The van der Waals surface area contributed by atoms with E-state index in [1.807, 2.05) is 19.1 Å². The summed E-state index contributed by atoms with van der Waals surface area (Å²) in [6.45, 7) is 1.90. The molecule has 6 heteroatoms. The Hall–Kier alpha value is -2.08. The van der Waals surface area contributed by atoms with Gasteiger partial charge >= 0.3 is 0 Å². The van der Waals surface area contributed by atoms with E-state index in [4.69, 9.17) is 16.3 Å². The summed E-state index contributed by atoms with van der Waals surface area (Å²) in [5, 5.41) is 1.35. The molecule has 126 valence electrons. The first-order valence-electron chi connectivity index (χ1n) is 8.08. The van der Waals surface area contributed by atoms with Crippen molar-refractivity contribution in [1.82, 2.24) is 9.99 Å². The van der Waals surface area contributed by atoms with Gasteiger partial charge in [-0.3, -0.25) is 0 Å². The lowest BCUT2D eigenvalue weighted by Gasteiger charge is -2.24. The lowest BCUT2D eigenvalue weighted by atomic mass is 9.98. The molecule has 0 aliphatic heterocycles. The predicted octanol–water partition coefficient (Wildman–Crippen LogP) is 2.12. The Morgan fingerprint density at radius 1 is 1.39 bits per heavy atom. The fourth-order valence-corrected chi connectivity index (χ4v) is 2.86. The van der Waals surface area contributed by atoms with Gasteiger partial charge in [-0.05, 0) is 44.7 Å². The van der Waals surface area contributed by atoms with Crippen LogP contribution in [0.4, 0.5) is 0 Å². The van der Waals surface area contributed by atoms with Gasteiger partial charge in [0.2, 0.25) is 0 Å². The lowest BCUT2D eigenvalue weighted by molar-refractivity contribution is -0.107. The van der Waals surface area contributed by atoms with Crippen molar-refractivity contribution in [3.63, 3.8) is 0 Å². The zero-order chi connectivity index (χ0) is 16.8. The van der Waals surface area contributed by atoms with E-state index in [1.54, 1.807) is 7.05 Å². The Morgan fingerprint density at radius 2 is 2.09 bits per heavy atom. The number of aromatic nitrogens is 1. The number of carbonyl (C=O) groups is 1. The molecule has 6 nitrogen and oxygen atoms in total. The van der Waals surface area contributed by atoms with Crippen LogP contribution in [0.2, 0.25) is 0 Å². The molecular formula is C17H26N4O2. The van der Waals surface area contributed by atoms with Crippen LogP contribution in [0.5, 0.6) is 5.75 Å². The van der Waals surface area contributed by atoms with E-state index in [9.17, 15) is 4.79 Å². The second kappa shape index (κ2) is 7.97. The summed E-state index contributed by atoms with van der Waals surface area (Å²) in [5.41, 5.74) is 8.48. The van der Waals surface area contributed by atoms with Crippen LogP contribution in [0.1, 0.15) is 49.9 Å². The van der Waals surface area contributed by atoms with Crippen LogP contribution in [-0.2, 0) is 4.79 Å². The van der Waals surface area contributed by atoms with Crippen LogP contribution in [0.25, 0.3) is 5.70 Å². The quantitative estimate of drug-likeness (QED) is 0.474. The number of aldehydes is 1. The first-order chi connectivity index (χ1) is 11.0. The van der Waals surface area contributed by atoms with Crippen molar-refractivity contribution in [1.29, 1.82) is 0 Å². The number of rotatable bonds is 6. The highest BCUT2D eigenvalue weighted by Crippen LogP contribution is 2.26.